The van der Waals surface area contributed by atoms with Crippen LogP contribution in [0.1, 0.15) is 0 Å². The molecule has 0 aliphatic heterocycles. The van der Waals surface area contributed by atoms with Crippen LogP contribution in [0.4, 0.5) is 13.2 Å². The van der Waals surface area contributed by atoms with Gasteiger partial charge < -0.3 is 4.98 Å². The summed E-state index contributed by atoms with van der Waals surface area (Å²) < 4.78 is 37.3. The molecule has 14 heavy (non-hydrogen) atoms. The second-order valence-corrected chi connectivity index (χ2v) is 3.14. The third-order valence-electron chi connectivity index (χ3n) is 1.84. The minimum Gasteiger partial charge on any atom is -0.330 e. The van der Waals surface area contributed by atoms with E-state index in [1.54, 1.807) is 12.1 Å². The summed E-state index contributed by atoms with van der Waals surface area (Å²) in [5.41, 5.74) is 0.430. The van der Waals surface area contributed by atoms with Crippen LogP contribution in [-0.2, 0) is 6.30 Å². The fraction of sp³-hybridized carbons (Fsp3) is 0.125. The van der Waals surface area contributed by atoms with E-state index in [9.17, 15) is 13.2 Å². The van der Waals surface area contributed by atoms with Crippen molar-refractivity contribution in [2.45, 2.75) is 6.30 Å². The van der Waals surface area contributed by atoms with E-state index in [1.807, 2.05) is 0 Å². The summed E-state index contributed by atoms with van der Waals surface area (Å²) in [6, 6.07) is 6.10. The first kappa shape index (κ1) is 9.26. The molecule has 0 fully saturated rings. The van der Waals surface area contributed by atoms with Crippen molar-refractivity contribution in [3.05, 3.63) is 29.0 Å². The first-order chi connectivity index (χ1) is 6.50. The summed E-state index contributed by atoms with van der Waals surface area (Å²) in [7, 11) is 0. The van der Waals surface area contributed by atoms with Gasteiger partial charge in [-0.05, 0) is 24.4 Å². The van der Waals surface area contributed by atoms with Crippen LogP contribution in [0.15, 0.2) is 24.3 Å². The van der Waals surface area contributed by atoms with Crippen LogP contribution < -0.4 is 0 Å². The van der Waals surface area contributed by atoms with E-state index in [4.69, 9.17) is 0 Å². The van der Waals surface area contributed by atoms with Gasteiger partial charge in [-0.15, -0.1) is 13.2 Å². The van der Waals surface area contributed by atoms with E-state index < -0.39 is 6.30 Å². The number of alkyl halides is 3. The first-order valence-electron chi connectivity index (χ1n) is 3.77. The molecule has 6 heteroatoms. The zero-order chi connectivity index (χ0) is 10.3. The largest absolute Gasteiger partial charge is 0.491 e. The Morgan fingerprint density at radius 3 is 2.50 bits per heavy atom. The van der Waals surface area contributed by atoms with Gasteiger partial charge in [0.2, 0.25) is 0 Å². The van der Waals surface area contributed by atoms with Gasteiger partial charge in [0, 0.05) is 0 Å². The number of nitrogens with zero attached hydrogens (tertiary/aromatic N) is 1. The molecule has 0 spiro atoms. The molecule has 0 unspecified atom stereocenters. The normalized spacial score (nSPS) is 12.2. The summed E-state index contributed by atoms with van der Waals surface area (Å²) in [5, 5.41) is 0. The Labute approximate surface area is 82.0 Å². The summed E-state index contributed by atoms with van der Waals surface area (Å²) in [6.45, 7) is 0. The molecule has 0 atom stereocenters. The molecule has 1 aromatic heterocycles. The number of nitrogens with one attached hydrogen (secondary N) is 1. The van der Waals surface area contributed by atoms with E-state index >= 15 is 0 Å². The van der Waals surface area contributed by atoms with Crippen molar-refractivity contribution in [2.24, 2.45) is 0 Å². The zero-order valence-corrected chi connectivity index (χ0v) is 7.62. The van der Waals surface area contributed by atoms with Crippen LogP contribution in [0.2, 0.25) is 0 Å². The molecule has 0 bridgehead atoms. The van der Waals surface area contributed by atoms with Gasteiger partial charge in [-0.1, -0.05) is 12.1 Å². The van der Waals surface area contributed by atoms with Gasteiger partial charge in [0.1, 0.15) is 0 Å². The minimum atomic E-state index is -4.48. The molecule has 1 N–H and O–H groups in total. The fourth-order valence-electron chi connectivity index (χ4n) is 1.31. The van der Waals surface area contributed by atoms with Crippen molar-refractivity contribution in [1.82, 2.24) is 9.55 Å². The maximum absolute atomic E-state index is 12.5. The van der Waals surface area contributed by atoms with Gasteiger partial charge in [0.25, 0.3) is 0 Å². The van der Waals surface area contributed by atoms with Crippen LogP contribution in [-0.4, -0.2) is 9.55 Å². The molecular formula is C8H5F3N2S. The number of aromatic amines is 1. The monoisotopic (exact) mass is 218 g/mol. The van der Waals surface area contributed by atoms with E-state index in [0.717, 1.165) is 0 Å². The van der Waals surface area contributed by atoms with Gasteiger partial charge in [0.15, 0.2) is 4.77 Å². The van der Waals surface area contributed by atoms with Crippen LogP contribution in [0.3, 0.4) is 0 Å². The molecular weight excluding hydrogens is 213 g/mol. The second-order valence-electron chi connectivity index (χ2n) is 2.75. The van der Waals surface area contributed by atoms with E-state index in [1.165, 1.54) is 12.1 Å². The van der Waals surface area contributed by atoms with Crippen LogP contribution >= 0.6 is 12.2 Å². The van der Waals surface area contributed by atoms with Gasteiger partial charge in [-0.2, -0.15) is 0 Å². The maximum atomic E-state index is 12.5. The first-order valence-corrected chi connectivity index (χ1v) is 4.18. The number of para-hydroxylation sites is 2. The van der Waals surface area contributed by atoms with Gasteiger partial charge in [-0.3, -0.25) is 0 Å². The van der Waals surface area contributed by atoms with Gasteiger partial charge >= 0.3 is 6.30 Å². The Hall–Kier alpha value is -1.30. The molecule has 2 nitrogen and oxygen atoms in total. The Morgan fingerprint density at radius 2 is 1.86 bits per heavy atom. The lowest BCUT2D eigenvalue weighted by Gasteiger charge is -2.07. The smallest absolute Gasteiger partial charge is 0.330 e. The number of hydrogen-bond acceptors (Lipinski definition) is 1. The number of rotatable bonds is 0. The number of benzene rings is 1. The number of halogens is 3. The molecule has 74 valence electrons. The molecule has 1 aromatic carbocycles. The highest BCUT2D eigenvalue weighted by Gasteiger charge is 2.33. The number of imidazole rings is 1. The molecule has 0 saturated heterocycles. The Kier molecular flexibility index (Phi) is 1.88. The number of hydrogen-bond donors (Lipinski definition) is 1. The molecule has 0 aliphatic carbocycles. The predicted octanol–water partition coefficient (Wildman–Crippen LogP) is 3.18. The van der Waals surface area contributed by atoms with Crippen molar-refractivity contribution >= 4 is 23.3 Å². The summed E-state index contributed by atoms with van der Waals surface area (Å²) in [6.07, 6.45) is -4.48. The van der Waals surface area contributed by atoms with Crippen LogP contribution in [0, 0.1) is 4.77 Å². The highest BCUT2D eigenvalue weighted by atomic mass is 32.1. The lowest BCUT2D eigenvalue weighted by atomic mass is 10.3. The number of H-pyrrole nitrogens is 1. The maximum Gasteiger partial charge on any atom is 0.491 e. The zero-order valence-electron chi connectivity index (χ0n) is 6.80. The molecule has 2 aromatic rings. The molecule has 1 heterocycles. The minimum absolute atomic E-state index is 0.0463. The van der Waals surface area contributed by atoms with Crippen molar-refractivity contribution in [1.29, 1.82) is 0 Å². The number of aromatic nitrogens is 2. The summed E-state index contributed by atoms with van der Waals surface area (Å²) >= 11 is 4.59. The standard InChI is InChI=1S/C8H5F3N2S/c9-8(10,11)13-6-4-2-1-3-5(6)12-7(13)14/h1-4H,(H,12,14). The van der Waals surface area contributed by atoms with E-state index in [2.05, 4.69) is 17.2 Å². The highest BCUT2D eigenvalue weighted by Crippen LogP contribution is 2.27. The van der Waals surface area contributed by atoms with Crippen molar-refractivity contribution < 1.29 is 13.2 Å². The summed E-state index contributed by atoms with van der Waals surface area (Å²) in [4.78, 5) is 2.49. The van der Waals surface area contributed by atoms with Crippen LogP contribution in [0.25, 0.3) is 11.0 Å². The molecule has 0 saturated carbocycles. The van der Waals surface area contributed by atoms with E-state index in [0.29, 0.717) is 5.52 Å². The van der Waals surface area contributed by atoms with Crippen LogP contribution in [0.5, 0.6) is 0 Å². The average molecular weight is 218 g/mol. The molecule has 0 aliphatic rings. The summed E-state index contributed by atoms with van der Waals surface area (Å²) in [5.74, 6) is 0. The third kappa shape index (κ3) is 1.31. The van der Waals surface area contributed by atoms with Crippen molar-refractivity contribution in [2.75, 3.05) is 0 Å². The Bertz CT molecular complexity index is 523. The lowest BCUT2D eigenvalue weighted by Crippen LogP contribution is -2.16. The van der Waals surface area contributed by atoms with Crippen molar-refractivity contribution in [3.63, 3.8) is 0 Å². The number of fused-ring (bicyclic) bond motifs is 1. The molecule has 2 rings (SSSR count). The quantitative estimate of drug-likeness (QED) is 0.673. The Balaban J connectivity index is 2.88. The second kappa shape index (κ2) is 2.84. The molecule has 0 radical (unpaired) electrons. The SMILES string of the molecule is FC(F)(F)n1c(=S)[nH]c2ccccc21. The topological polar surface area (TPSA) is 20.7 Å². The Morgan fingerprint density at radius 1 is 1.21 bits per heavy atom. The predicted molar refractivity (Wildman–Crippen MR) is 48.4 cm³/mol. The van der Waals surface area contributed by atoms with Crippen molar-refractivity contribution in [3.8, 4) is 0 Å². The average Bonchev–Trinajstić information content (AvgIpc) is 2.38. The van der Waals surface area contributed by atoms with Gasteiger partial charge in [-0.25, -0.2) is 4.57 Å². The highest BCUT2D eigenvalue weighted by molar-refractivity contribution is 7.71. The third-order valence-corrected chi connectivity index (χ3v) is 2.13. The van der Waals surface area contributed by atoms with E-state index in [-0.39, 0.29) is 14.9 Å². The lowest BCUT2D eigenvalue weighted by molar-refractivity contribution is -0.201. The fourth-order valence-corrected chi connectivity index (χ4v) is 1.62. The molecule has 0 amide bonds. The van der Waals surface area contributed by atoms with Gasteiger partial charge in [0.05, 0.1) is 11.0 Å².